The van der Waals surface area contributed by atoms with Crippen molar-refractivity contribution in [2.45, 2.75) is 26.4 Å². The lowest BCUT2D eigenvalue weighted by Gasteiger charge is -2.14. The zero-order chi connectivity index (χ0) is 12.8. The van der Waals surface area contributed by atoms with E-state index >= 15 is 0 Å². The van der Waals surface area contributed by atoms with Crippen LogP contribution in [0.1, 0.15) is 30.8 Å². The molecule has 17 heavy (non-hydrogen) atoms. The molecular formula is C12H19N3O2. The molecule has 1 heterocycles. The molecule has 4 N–H and O–H groups in total. The largest absolute Gasteiger partial charge is 0.391 e. The maximum atomic E-state index is 10.9. The summed E-state index contributed by atoms with van der Waals surface area (Å²) >= 11 is 0. The van der Waals surface area contributed by atoms with Crippen LogP contribution in [0.2, 0.25) is 0 Å². The third kappa shape index (κ3) is 4.82. The van der Waals surface area contributed by atoms with Crippen molar-refractivity contribution in [1.29, 1.82) is 0 Å². The lowest BCUT2D eigenvalue weighted by molar-refractivity contribution is 0.0995. The van der Waals surface area contributed by atoms with Gasteiger partial charge in [0, 0.05) is 18.4 Å². The van der Waals surface area contributed by atoms with Gasteiger partial charge in [0.25, 0.3) is 5.91 Å². The highest BCUT2D eigenvalue weighted by molar-refractivity contribution is 5.91. The molecule has 0 saturated carbocycles. The maximum Gasteiger partial charge on any atom is 0.267 e. The molecule has 0 aromatic carbocycles. The predicted octanol–water partition coefficient (Wildman–Crippen LogP) is 0.999. The van der Waals surface area contributed by atoms with E-state index in [0.29, 0.717) is 12.5 Å². The molecule has 1 rings (SSSR count). The number of nitrogens with two attached hydrogens (primary N) is 1. The van der Waals surface area contributed by atoms with Crippen molar-refractivity contribution in [3.8, 4) is 0 Å². The van der Waals surface area contributed by atoms with Crippen molar-refractivity contribution >= 4 is 11.6 Å². The quantitative estimate of drug-likeness (QED) is 0.688. The Morgan fingerprint density at radius 1 is 1.59 bits per heavy atom. The van der Waals surface area contributed by atoms with Crippen LogP contribution in [0.15, 0.2) is 18.3 Å². The summed E-state index contributed by atoms with van der Waals surface area (Å²) in [6.07, 6.45) is 1.85. The van der Waals surface area contributed by atoms with E-state index in [1.807, 2.05) is 0 Å². The van der Waals surface area contributed by atoms with Gasteiger partial charge in [-0.05, 0) is 24.5 Å². The number of carbonyl (C=O) groups is 1. The summed E-state index contributed by atoms with van der Waals surface area (Å²) < 4.78 is 0. The van der Waals surface area contributed by atoms with Crippen molar-refractivity contribution < 1.29 is 9.90 Å². The molecular weight excluding hydrogens is 218 g/mol. The van der Waals surface area contributed by atoms with E-state index in [0.717, 1.165) is 12.1 Å². The van der Waals surface area contributed by atoms with Crippen molar-refractivity contribution in [2.24, 2.45) is 11.7 Å². The highest BCUT2D eigenvalue weighted by Gasteiger charge is 2.07. The Kier molecular flexibility index (Phi) is 4.90. The molecule has 5 nitrogen and oxygen atoms in total. The molecule has 0 bridgehead atoms. The molecule has 0 fully saturated rings. The van der Waals surface area contributed by atoms with Crippen molar-refractivity contribution in [3.05, 3.63) is 24.0 Å². The number of primary amides is 1. The number of hydrogen-bond acceptors (Lipinski definition) is 4. The molecule has 5 heteroatoms. The Morgan fingerprint density at radius 3 is 2.88 bits per heavy atom. The molecule has 1 amide bonds. The topological polar surface area (TPSA) is 88.2 Å². The minimum absolute atomic E-state index is 0.216. The standard InChI is InChI=1S/C12H19N3O2/c1-8(2)5-10(16)7-15-9-3-4-14-11(6-9)12(13)17/h3-4,6,8,10,16H,5,7H2,1-2H3,(H2,13,17)(H,14,15). The number of aliphatic hydroxyl groups is 1. The molecule has 1 aromatic rings. The van der Waals surface area contributed by atoms with Gasteiger partial charge >= 0.3 is 0 Å². The Morgan fingerprint density at radius 2 is 2.29 bits per heavy atom. The first-order chi connectivity index (χ1) is 7.99. The summed E-state index contributed by atoms with van der Waals surface area (Å²) in [4.78, 5) is 14.8. The number of rotatable bonds is 6. The predicted molar refractivity (Wildman–Crippen MR) is 66.7 cm³/mol. The summed E-state index contributed by atoms with van der Waals surface area (Å²) in [5.41, 5.74) is 6.07. The van der Waals surface area contributed by atoms with Gasteiger partial charge in [-0.2, -0.15) is 0 Å². The second kappa shape index (κ2) is 6.20. The highest BCUT2D eigenvalue weighted by atomic mass is 16.3. The zero-order valence-corrected chi connectivity index (χ0v) is 10.2. The lowest BCUT2D eigenvalue weighted by atomic mass is 10.1. The van der Waals surface area contributed by atoms with Crippen molar-refractivity contribution in [3.63, 3.8) is 0 Å². The van der Waals surface area contributed by atoms with Crippen LogP contribution in [-0.2, 0) is 0 Å². The van der Waals surface area contributed by atoms with Gasteiger partial charge in [0.2, 0.25) is 0 Å². The van der Waals surface area contributed by atoms with Gasteiger partial charge in [-0.1, -0.05) is 13.8 Å². The minimum atomic E-state index is -0.559. The number of nitrogens with zero attached hydrogens (tertiary/aromatic N) is 1. The Hall–Kier alpha value is -1.62. The van der Waals surface area contributed by atoms with Crippen LogP contribution in [0.4, 0.5) is 5.69 Å². The van der Waals surface area contributed by atoms with Crippen LogP contribution in [0.5, 0.6) is 0 Å². The molecule has 1 unspecified atom stereocenters. The Bertz CT molecular complexity index is 380. The van der Waals surface area contributed by atoms with Crippen LogP contribution in [0.3, 0.4) is 0 Å². The van der Waals surface area contributed by atoms with Gasteiger partial charge in [-0.15, -0.1) is 0 Å². The zero-order valence-electron chi connectivity index (χ0n) is 10.2. The SMILES string of the molecule is CC(C)CC(O)CNc1ccnc(C(N)=O)c1. The van der Waals surface area contributed by atoms with E-state index in [1.54, 1.807) is 12.1 Å². The summed E-state index contributed by atoms with van der Waals surface area (Å²) in [7, 11) is 0. The third-order valence-electron chi connectivity index (χ3n) is 2.30. The fourth-order valence-corrected chi connectivity index (χ4v) is 1.54. The number of nitrogens with one attached hydrogen (secondary N) is 1. The molecule has 1 aromatic heterocycles. The lowest BCUT2D eigenvalue weighted by Crippen LogP contribution is -2.21. The first-order valence-corrected chi connectivity index (χ1v) is 5.67. The van der Waals surface area contributed by atoms with Gasteiger partial charge in [-0.25, -0.2) is 0 Å². The maximum absolute atomic E-state index is 10.9. The fraction of sp³-hybridized carbons (Fsp3) is 0.500. The van der Waals surface area contributed by atoms with E-state index in [9.17, 15) is 9.90 Å². The average Bonchev–Trinajstić information content (AvgIpc) is 2.26. The summed E-state index contributed by atoms with van der Waals surface area (Å²) in [6, 6.07) is 3.30. The third-order valence-corrected chi connectivity index (χ3v) is 2.30. The summed E-state index contributed by atoms with van der Waals surface area (Å²) in [5, 5.41) is 12.7. The molecule has 0 radical (unpaired) electrons. The van der Waals surface area contributed by atoms with Gasteiger partial charge in [0.15, 0.2) is 0 Å². The Labute approximate surface area is 101 Å². The normalized spacial score (nSPS) is 12.5. The second-order valence-electron chi connectivity index (χ2n) is 4.46. The van der Waals surface area contributed by atoms with Crippen molar-refractivity contribution in [1.82, 2.24) is 4.98 Å². The number of carbonyl (C=O) groups excluding carboxylic acids is 1. The van der Waals surface area contributed by atoms with Crippen molar-refractivity contribution in [2.75, 3.05) is 11.9 Å². The number of aliphatic hydroxyl groups excluding tert-OH is 1. The smallest absolute Gasteiger partial charge is 0.267 e. The van der Waals surface area contributed by atoms with Crippen LogP contribution < -0.4 is 11.1 Å². The Balaban J connectivity index is 2.51. The van der Waals surface area contributed by atoms with E-state index in [2.05, 4.69) is 24.1 Å². The highest BCUT2D eigenvalue weighted by Crippen LogP contribution is 2.09. The monoisotopic (exact) mass is 237 g/mol. The molecule has 94 valence electrons. The number of anilines is 1. The first kappa shape index (κ1) is 13.4. The molecule has 0 spiro atoms. The second-order valence-corrected chi connectivity index (χ2v) is 4.46. The first-order valence-electron chi connectivity index (χ1n) is 5.67. The molecule has 0 aliphatic carbocycles. The average molecular weight is 237 g/mol. The number of pyridine rings is 1. The van der Waals surface area contributed by atoms with E-state index < -0.39 is 12.0 Å². The van der Waals surface area contributed by atoms with Gasteiger partial charge in [-0.3, -0.25) is 9.78 Å². The van der Waals surface area contributed by atoms with Crippen LogP contribution in [0.25, 0.3) is 0 Å². The summed E-state index contributed by atoms with van der Waals surface area (Å²) in [6.45, 7) is 4.56. The molecule has 0 aliphatic heterocycles. The van der Waals surface area contributed by atoms with E-state index in [-0.39, 0.29) is 5.69 Å². The van der Waals surface area contributed by atoms with Gasteiger partial charge in [0.05, 0.1) is 6.10 Å². The molecule has 1 atom stereocenters. The van der Waals surface area contributed by atoms with E-state index in [1.165, 1.54) is 6.20 Å². The van der Waals surface area contributed by atoms with Crippen LogP contribution in [-0.4, -0.2) is 28.6 Å². The summed E-state index contributed by atoms with van der Waals surface area (Å²) in [5.74, 6) is -0.109. The molecule has 0 saturated heterocycles. The van der Waals surface area contributed by atoms with Gasteiger partial charge < -0.3 is 16.2 Å². The molecule has 0 aliphatic rings. The fourth-order valence-electron chi connectivity index (χ4n) is 1.54. The number of amides is 1. The number of hydrogen-bond donors (Lipinski definition) is 3. The van der Waals surface area contributed by atoms with E-state index in [4.69, 9.17) is 5.73 Å². The minimum Gasteiger partial charge on any atom is -0.391 e. The van der Waals surface area contributed by atoms with Gasteiger partial charge in [0.1, 0.15) is 5.69 Å². The van der Waals surface area contributed by atoms with Crippen LogP contribution >= 0.6 is 0 Å². The number of aromatic nitrogens is 1. The van der Waals surface area contributed by atoms with Crippen LogP contribution in [0, 0.1) is 5.92 Å².